The van der Waals surface area contributed by atoms with Gasteiger partial charge in [-0.2, -0.15) is 0 Å². The first-order chi connectivity index (χ1) is 14.8. The van der Waals surface area contributed by atoms with Crippen molar-refractivity contribution in [1.82, 2.24) is 19.6 Å². The summed E-state index contributed by atoms with van der Waals surface area (Å²) in [7, 11) is 0. The van der Waals surface area contributed by atoms with Crippen LogP contribution >= 0.6 is 0 Å². The highest BCUT2D eigenvalue weighted by Gasteiger charge is 2.33. The largest absolute Gasteiger partial charge is 0.396 e. The fourth-order valence-electron chi connectivity index (χ4n) is 5.23. The number of aliphatic hydroxyl groups excluding tert-OH is 2. The van der Waals surface area contributed by atoms with Crippen molar-refractivity contribution in [1.29, 1.82) is 0 Å². The molecule has 0 saturated heterocycles. The van der Waals surface area contributed by atoms with E-state index in [1.807, 2.05) is 0 Å². The molecule has 0 amide bonds. The highest BCUT2D eigenvalue weighted by atomic mass is 16.3. The Morgan fingerprint density at radius 3 is 0.970 bits per heavy atom. The molecule has 0 atom stereocenters. The van der Waals surface area contributed by atoms with Crippen LogP contribution in [-0.4, -0.2) is 118 Å². The lowest BCUT2D eigenvalue weighted by atomic mass is 9.95. The topological polar surface area (TPSA) is 53.4 Å². The van der Waals surface area contributed by atoms with Crippen LogP contribution in [0.25, 0.3) is 0 Å². The van der Waals surface area contributed by atoms with E-state index in [9.17, 15) is 10.2 Å². The quantitative estimate of drug-likeness (QED) is 0.401. The standard InChI is InChI=1S/C27H60N4O2/c1-24(2,3)30(25(4,5)6)19-17-29(16-15-28(21-23-33)14-13-22-32)18-20-31(26(7,8)9)27(10,11)12/h32-33H,13-23H2,1-12H3. The molecular weight excluding hydrogens is 412 g/mol. The summed E-state index contributed by atoms with van der Waals surface area (Å²) >= 11 is 0. The molecule has 0 fully saturated rings. The van der Waals surface area contributed by atoms with Gasteiger partial charge in [0.25, 0.3) is 0 Å². The molecule has 0 heterocycles. The van der Waals surface area contributed by atoms with E-state index in [-0.39, 0.29) is 35.4 Å². The van der Waals surface area contributed by atoms with Gasteiger partial charge in [-0.05, 0) is 89.5 Å². The van der Waals surface area contributed by atoms with Crippen molar-refractivity contribution in [3.63, 3.8) is 0 Å². The van der Waals surface area contributed by atoms with Gasteiger partial charge in [-0.15, -0.1) is 0 Å². The molecular formula is C27H60N4O2. The summed E-state index contributed by atoms with van der Waals surface area (Å²) in [6, 6.07) is 0. The zero-order chi connectivity index (χ0) is 26.1. The Morgan fingerprint density at radius 2 is 0.697 bits per heavy atom. The maximum atomic E-state index is 9.48. The summed E-state index contributed by atoms with van der Waals surface area (Å²) in [4.78, 5) is 10.1. The molecule has 0 radical (unpaired) electrons. The molecule has 6 nitrogen and oxygen atoms in total. The molecule has 0 saturated carbocycles. The van der Waals surface area contributed by atoms with Crippen molar-refractivity contribution >= 4 is 0 Å². The van der Waals surface area contributed by atoms with Crippen molar-refractivity contribution in [2.45, 2.75) is 112 Å². The first kappa shape index (κ1) is 32.8. The summed E-state index contributed by atoms with van der Waals surface area (Å²) in [6.45, 7) is 35.5. The Kier molecular flexibility index (Phi) is 13.6. The van der Waals surface area contributed by atoms with Crippen LogP contribution in [0.4, 0.5) is 0 Å². The first-order valence-corrected chi connectivity index (χ1v) is 13.1. The minimum absolute atomic E-state index is 0.108. The molecule has 0 bridgehead atoms. The molecule has 0 spiro atoms. The van der Waals surface area contributed by atoms with E-state index in [0.717, 1.165) is 52.2 Å². The number of rotatable bonds is 14. The van der Waals surface area contributed by atoms with Crippen molar-refractivity contribution in [3.8, 4) is 0 Å². The summed E-state index contributed by atoms with van der Waals surface area (Å²) in [6.07, 6.45) is 0.754. The van der Waals surface area contributed by atoms with E-state index in [1.165, 1.54) is 0 Å². The second-order valence-electron chi connectivity index (χ2n) is 13.5. The number of hydrogen-bond acceptors (Lipinski definition) is 6. The maximum Gasteiger partial charge on any atom is 0.0558 e. The molecule has 0 aliphatic heterocycles. The predicted molar refractivity (Wildman–Crippen MR) is 144 cm³/mol. The summed E-state index contributed by atoms with van der Waals surface area (Å²) in [5.74, 6) is 0. The fraction of sp³-hybridized carbons (Fsp3) is 1.00. The van der Waals surface area contributed by atoms with E-state index in [0.29, 0.717) is 6.54 Å². The smallest absolute Gasteiger partial charge is 0.0558 e. The lowest BCUT2D eigenvalue weighted by Crippen LogP contribution is -2.57. The predicted octanol–water partition coefficient (Wildman–Crippen LogP) is 3.76. The number of hydrogen-bond donors (Lipinski definition) is 2. The van der Waals surface area contributed by atoms with Crippen LogP contribution in [0.1, 0.15) is 89.5 Å². The Balaban J connectivity index is 5.48. The molecule has 0 aliphatic rings. The van der Waals surface area contributed by atoms with E-state index in [2.05, 4.69) is 103 Å². The first-order valence-electron chi connectivity index (χ1n) is 13.1. The third-order valence-corrected chi connectivity index (χ3v) is 6.30. The van der Waals surface area contributed by atoms with Gasteiger partial charge in [-0.1, -0.05) is 0 Å². The average Bonchev–Trinajstić information content (AvgIpc) is 2.58. The highest BCUT2D eigenvalue weighted by molar-refractivity contribution is 4.89. The van der Waals surface area contributed by atoms with Gasteiger partial charge in [0, 0.05) is 81.1 Å². The molecule has 6 heteroatoms. The summed E-state index contributed by atoms with van der Waals surface area (Å²) in [5.41, 5.74) is 0.432. The van der Waals surface area contributed by atoms with Gasteiger partial charge in [-0.3, -0.25) is 19.6 Å². The molecule has 0 rings (SSSR count). The van der Waals surface area contributed by atoms with Crippen LogP contribution in [0.3, 0.4) is 0 Å². The van der Waals surface area contributed by atoms with Gasteiger partial charge < -0.3 is 10.2 Å². The maximum absolute atomic E-state index is 9.48. The summed E-state index contributed by atoms with van der Waals surface area (Å²) < 4.78 is 0. The zero-order valence-corrected chi connectivity index (χ0v) is 24.5. The van der Waals surface area contributed by atoms with E-state index in [1.54, 1.807) is 0 Å². The van der Waals surface area contributed by atoms with E-state index in [4.69, 9.17) is 0 Å². The van der Waals surface area contributed by atoms with E-state index < -0.39 is 0 Å². The Hall–Kier alpha value is -0.240. The molecule has 2 N–H and O–H groups in total. The lowest BCUT2D eigenvalue weighted by molar-refractivity contribution is 0.0119. The Bertz CT molecular complexity index is 448. The van der Waals surface area contributed by atoms with Crippen LogP contribution < -0.4 is 0 Å². The van der Waals surface area contributed by atoms with Crippen LogP contribution in [0.15, 0.2) is 0 Å². The Morgan fingerprint density at radius 1 is 0.394 bits per heavy atom. The SMILES string of the molecule is CC(C)(C)N(CCN(CCN(CCO)CCCO)CCN(C(C)(C)C)C(C)(C)C)C(C)(C)C. The van der Waals surface area contributed by atoms with E-state index >= 15 is 0 Å². The number of aliphatic hydroxyl groups is 2. The van der Waals surface area contributed by atoms with Crippen molar-refractivity contribution < 1.29 is 10.2 Å². The van der Waals surface area contributed by atoms with Crippen LogP contribution in [-0.2, 0) is 0 Å². The second kappa shape index (κ2) is 13.7. The fourth-order valence-corrected chi connectivity index (χ4v) is 5.23. The van der Waals surface area contributed by atoms with Gasteiger partial charge in [0.1, 0.15) is 0 Å². The Labute approximate surface area is 207 Å². The second-order valence-corrected chi connectivity index (χ2v) is 13.5. The van der Waals surface area contributed by atoms with Gasteiger partial charge in [-0.25, -0.2) is 0 Å². The number of nitrogens with zero attached hydrogens (tertiary/aromatic N) is 4. The minimum atomic E-state index is 0.108. The van der Waals surface area contributed by atoms with Crippen LogP contribution in [0.2, 0.25) is 0 Å². The van der Waals surface area contributed by atoms with Crippen molar-refractivity contribution in [2.24, 2.45) is 0 Å². The van der Waals surface area contributed by atoms with Gasteiger partial charge in [0.05, 0.1) is 6.61 Å². The molecule has 200 valence electrons. The summed E-state index contributed by atoms with van der Waals surface area (Å²) in [5, 5.41) is 18.7. The third-order valence-electron chi connectivity index (χ3n) is 6.30. The normalized spacial score (nSPS) is 14.4. The minimum Gasteiger partial charge on any atom is -0.396 e. The van der Waals surface area contributed by atoms with Gasteiger partial charge in [0.2, 0.25) is 0 Å². The van der Waals surface area contributed by atoms with Gasteiger partial charge >= 0.3 is 0 Å². The molecule has 0 aromatic heterocycles. The van der Waals surface area contributed by atoms with Crippen molar-refractivity contribution in [2.75, 3.05) is 65.6 Å². The van der Waals surface area contributed by atoms with Crippen molar-refractivity contribution in [3.05, 3.63) is 0 Å². The van der Waals surface area contributed by atoms with Gasteiger partial charge in [0.15, 0.2) is 0 Å². The van der Waals surface area contributed by atoms with Crippen LogP contribution in [0, 0.1) is 0 Å². The lowest BCUT2D eigenvalue weighted by Gasteiger charge is -2.47. The van der Waals surface area contributed by atoms with Crippen LogP contribution in [0.5, 0.6) is 0 Å². The molecule has 0 aliphatic carbocycles. The molecule has 0 aromatic carbocycles. The molecule has 0 aromatic rings. The monoisotopic (exact) mass is 472 g/mol. The average molecular weight is 473 g/mol. The third kappa shape index (κ3) is 13.4. The molecule has 0 unspecified atom stereocenters. The molecule has 33 heavy (non-hydrogen) atoms. The highest BCUT2D eigenvalue weighted by Crippen LogP contribution is 2.26. The zero-order valence-electron chi connectivity index (χ0n) is 24.5.